The van der Waals surface area contributed by atoms with Gasteiger partial charge in [-0.3, -0.25) is 24.6 Å². The predicted molar refractivity (Wildman–Crippen MR) is 61.9 cm³/mol. The first-order valence-corrected chi connectivity index (χ1v) is 5.67. The summed E-state index contributed by atoms with van der Waals surface area (Å²) in [6.45, 7) is 5.09. The Hall–Kier alpha value is -1.95. The van der Waals surface area contributed by atoms with Crippen molar-refractivity contribution in [2.24, 2.45) is 0 Å². The lowest BCUT2D eigenvalue weighted by atomic mass is 10.0. The van der Waals surface area contributed by atoms with Gasteiger partial charge in [0.05, 0.1) is 11.8 Å². The first-order chi connectivity index (χ1) is 8.41. The van der Waals surface area contributed by atoms with Crippen molar-refractivity contribution in [1.82, 2.24) is 10.2 Å². The maximum atomic E-state index is 11.9. The highest BCUT2D eigenvalue weighted by atomic mass is 16.3. The molecule has 0 saturated carbocycles. The van der Waals surface area contributed by atoms with Crippen LogP contribution in [0.25, 0.3) is 0 Å². The molecule has 96 valence electrons. The van der Waals surface area contributed by atoms with Crippen molar-refractivity contribution in [1.29, 1.82) is 0 Å². The Morgan fingerprint density at radius 3 is 2.72 bits per heavy atom. The van der Waals surface area contributed by atoms with E-state index in [4.69, 9.17) is 0 Å². The van der Waals surface area contributed by atoms with Crippen molar-refractivity contribution < 1.29 is 19.5 Å². The molecule has 0 radical (unpaired) electrons. The van der Waals surface area contributed by atoms with Gasteiger partial charge in [0, 0.05) is 12.0 Å². The Kier molecular flexibility index (Phi) is 3.04. The van der Waals surface area contributed by atoms with E-state index in [1.165, 1.54) is 17.9 Å². The fourth-order valence-electron chi connectivity index (χ4n) is 2.15. The molecule has 2 atom stereocenters. The van der Waals surface area contributed by atoms with E-state index in [0.717, 1.165) is 0 Å². The molecule has 6 heteroatoms. The van der Waals surface area contributed by atoms with Crippen molar-refractivity contribution in [3.05, 3.63) is 23.9 Å². The zero-order chi connectivity index (χ0) is 13.4. The Morgan fingerprint density at radius 2 is 2.17 bits per heavy atom. The maximum Gasteiger partial charge on any atom is 0.258 e. The van der Waals surface area contributed by atoms with Gasteiger partial charge in [-0.25, -0.2) is 0 Å². The number of nitrogens with one attached hydrogen (secondary N) is 1. The zero-order valence-corrected chi connectivity index (χ0v) is 9.97. The molecule has 6 nitrogen and oxygen atoms in total. The number of carbonyl (C=O) groups is 3. The summed E-state index contributed by atoms with van der Waals surface area (Å²) in [5.74, 6) is -1.26. The highest BCUT2D eigenvalue weighted by Gasteiger charge is 2.40. The van der Waals surface area contributed by atoms with E-state index >= 15 is 0 Å². The van der Waals surface area contributed by atoms with Gasteiger partial charge in [-0.1, -0.05) is 6.58 Å². The van der Waals surface area contributed by atoms with Gasteiger partial charge in [-0.15, -0.1) is 0 Å². The average molecular weight is 250 g/mol. The topological polar surface area (TPSA) is 86.7 Å². The molecule has 0 spiro atoms. The summed E-state index contributed by atoms with van der Waals surface area (Å²) in [5.41, 5.74) is 0.579. The number of piperidine rings is 1. The van der Waals surface area contributed by atoms with Crippen LogP contribution in [-0.2, 0) is 14.4 Å². The van der Waals surface area contributed by atoms with Crippen molar-refractivity contribution in [3.63, 3.8) is 0 Å². The van der Waals surface area contributed by atoms with Crippen LogP contribution in [0.4, 0.5) is 0 Å². The second kappa shape index (κ2) is 4.38. The van der Waals surface area contributed by atoms with Gasteiger partial charge >= 0.3 is 0 Å². The summed E-state index contributed by atoms with van der Waals surface area (Å²) in [5, 5.41) is 11.8. The van der Waals surface area contributed by atoms with Crippen molar-refractivity contribution in [2.75, 3.05) is 0 Å². The van der Waals surface area contributed by atoms with Crippen molar-refractivity contribution in [2.45, 2.75) is 31.9 Å². The number of carbonyl (C=O) groups excluding carboxylic acids is 3. The predicted octanol–water partition coefficient (Wildman–Crippen LogP) is -0.545. The van der Waals surface area contributed by atoms with Gasteiger partial charge in [-0.05, 0) is 19.4 Å². The highest BCUT2D eigenvalue weighted by molar-refractivity contribution is 6.06. The van der Waals surface area contributed by atoms with Crippen LogP contribution in [0.15, 0.2) is 23.9 Å². The quantitative estimate of drug-likeness (QED) is 0.509. The number of amides is 3. The summed E-state index contributed by atoms with van der Waals surface area (Å²) in [6, 6.07) is -0.754. The Morgan fingerprint density at radius 1 is 1.50 bits per heavy atom. The van der Waals surface area contributed by atoms with Crippen LogP contribution in [0.1, 0.15) is 19.8 Å². The van der Waals surface area contributed by atoms with Crippen LogP contribution < -0.4 is 5.32 Å². The number of imide groups is 1. The lowest BCUT2D eigenvalue weighted by molar-refractivity contribution is -0.142. The minimum atomic E-state index is -0.876. The van der Waals surface area contributed by atoms with E-state index in [1.54, 1.807) is 0 Å². The zero-order valence-electron chi connectivity index (χ0n) is 9.97. The molecule has 1 unspecified atom stereocenters. The van der Waals surface area contributed by atoms with Crippen LogP contribution >= 0.6 is 0 Å². The van der Waals surface area contributed by atoms with E-state index in [2.05, 4.69) is 11.9 Å². The van der Waals surface area contributed by atoms with E-state index in [1.807, 2.05) is 0 Å². The van der Waals surface area contributed by atoms with Gasteiger partial charge < -0.3 is 5.11 Å². The van der Waals surface area contributed by atoms with E-state index in [-0.39, 0.29) is 24.3 Å². The minimum Gasteiger partial charge on any atom is -0.387 e. The number of hydrogen-bond acceptors (Lipinski definition) is 4. The third kappa shape index (κ3) is 1.95. The molecule has 2 aliphatic heterocycles. The van der Waals surface area contributed by atoms with Crippen LogP contribution in [0.5, 0.6) is 0 Å². The third-order valence-electron chi connectivity index (χ3n) is 3.04. The molecule has 0 aromatic carbocycles. The van der Waals surface area contributed by atoms with Crippen molar-refractivity contribution >= 4 is 17.7 Å². The first kappa shape index (κ1) is 12.5. The lowest BCUT2D eigenvalue weighted by Crippen LogP contribution is -2.53. The maximum absolute atomic E-state index is 11.9. The number of rotatable bonds is 2. The van der Waals surface area contributed by atoms with Crippen molar-refractivity contribution in [3.8, 4) is 0 Å². The summed E-state index contributed by atoms with van der Waals surface area (Å²) in [6.07, 6.45) is 1.03. The molecular formula is C12H14N2O4. The van der Waals surface area contributed by atoms with Gasteiger partial charge in [0.1, 0.15) is 6.04 Å². The molecule has 1 fully saturated rings. The summed E-state index contributed by atoms with van der Waals surface area (Å²) >= 11 is 0. The largest absolute Gasteiger partial charge is 0.387 e. The summed E-state index contributed by atoms with van der Waals surface area (Å²) in [7, 11) is 0. The molecule has 2 aliphatic rings. The standard InChI is InChI=1S/C12H14N2O4/c1-6-5-9(7(2)15)14(12(6)18)8-3-4-10(16)13-11(8)17/h5,7-8,15H,1,3-4H2,2H3,(H,13,16,17)/t7-,8?/m1/s1. The lowest BCUT2D eigenvalue weighted by Gasteiger charge is -2.32. The molecule has 0 aliphatic carbocycles. The van der Waals surface area contributed by atoms with E-state index in [0.29, 0.717) is 5.70 Å². The molecule has 18 heavy (non-hydrogen) atoms. The monoisotopic (exact) mass is 250 g/mol. The Balaban J connectivity index is 2.29. The highest BCUT2D eigenvalue weighted by Crippen LogP contribution is 2.28. The number of aliphatic hydroxyl groups excluding tert-OH is 1. The van der Waals surface area contributed by atoms with Gasteiger partial charge in [-0.2, -0.15) is 0 Å². The van der Waals surface area contributed by atoms with Crippen LogP contribution in [-0.4, -0.2) is 39.9 Å². The number of nitrogens with zero attached hydrogens (tertiary/aromatic N) is 1. The normalized spacial score (nSPS) is 26.2. The Labute approximate surface area is 104 Å². The molecule has 0 aromatic rings. The molecular weight excluding hydrogens is 236 g/mol. The molecule has 2 N–H and O–H groups in total. The summed E-state index contributed by atoms with van der Waals surface area (Å²) in [4.78, 5) is 36.0. The van der Waals surface area contributed by atoms with Crippen LogP contribution in [0.3, 0.4) is 0 Å². The third-order valence-corrected chi connectivity index (χ3v) is 3.04. The van der Waals surface area contributed by atoms with E-state index < -0.39 is 24.0 Å². The fraction of sp³-hybridized carbons (Fsp3) is 0.417. The molecule has 2 heterocycles. The number of aliphatic hydroxyl groups is 1. The summed E-state index contributed by atoms with van der Waals surface area (Å²) < 4.78 is 0. The molecule has 1 saturated heterocycles. The molecule has 2 rings (SSSR count). The van der Waals surface area contributed by atoms with E-state index in [9.17, 15) is 19.5 Å². The van der Waals surface area contributed by atoms with Crippen LogP contribution in [0.2, 0.25) is 0 Å². The van der Waals surface area contributed by atoms with Crippen LogP contribution in [0, 0.1) is 0 Å². The van der Waals surface area contributed by atoms with Gasteiger partial charge in [0.25, 0.3) is 5.91 Å². The SMILES string of the molecule is C=C1C=C([C@@H](C)O)N(C2CCC(=O)NC2=O)C1=O. The smallest absolute Gasteiger partial charge is 0.258 e. The second-order valence-corrected chi connectivity index (χ2v) is 4.41. The first-order valence-electron chi connectivity index (χ1n) is 5.67. The average Bonchev–Trinajstić information content (AvgIpc) is 2.57. The fourth-order valence-corrected chi connectivity index (χ4v) is 2.15. The molecule has 0 bridgehead atoms. The second-order valence-electron chi connectivity index (χ2n) is 4.41. The Bertz CT molecular complexity index is 478. The van der Waals surface area contributed by atoms with Gasteiger partial charge in [0.2, 0.25) is 11.8 Å². The molecule has 0 aromatic heterocycles. The minimum absolute atomic E-state index is 0.180. The number of hydrogen-bond donors (Lipinski definition) is 2. The van der Waals surface area contributed by atoms with Gasteiger partial charge in [0.15, 0.2) is 0 Å². The molecule has 3 amide bonds.